The number of carbonyl (C=O) groups excluding carboxylic acids is 1. The summed E-state index contributed by atoms with van der Waals surface area (Å²) in [5.41, 5.74) is -0.0791. The highest BCUT2D eigenvalue weighted by Gasteiger charge is 2.37. The Morgan fingerprint density at radius 2 is 1.44 bits per heavy atom. The number of benzene rings is 2. The number of rotatable bonds is 3. The Balaban J connectivity index is 2.43. The topological polar surface area (TPSA) is 77.8 Å². The van der Waals surface area contributed by atoms with Crippen LogP contribution in [0, 0.1) is 0 Å². The Hall–Kier alpha value is -2.17. The fourth-order valence-corrected chi connectivity index (χ4v) is 1.66. The third-order valence-corrected chi connectivity index (χ3v) is 2.64. The van der Waals surface area contributed by atoms with Gasteiger partial charge in [0.1, 0.15) is 5.75 Å². The minimum Gasteiger partial charge on any atom is -0.507 e. The van der Waals surface area contributed by atoms with Crippen molar-refractivity contribution in [3.63, 3.8) is 0 Å². The van der Waals surface area contributed by atoms with E-state index in [1.807, 2.05) is 0 Å². The smallest absolute Gasteiger partial charge is 0.256 e. The Morgan fingerprint density at radius 3 is 2.06 bits per heavy atom. The second-order valence-corrected chi connectivity index (χ2v) is 3.88. The van der Waals surface area contributed by atoms with E-state index >= 15 is 0 Å². The first kappa shape index (κ1) is 12.3. The van der Waals surface area contributed by atoms with Crippen LogP contribution in [0.3, 0.4) is 0 Å². The summed E-state index contributed by atoms with van der Waals surface area (Å²) in [5.74, 6) is -3.90. The van der Waals surface area contributed by atoms with Gasteiger partial charge in [0, 0.05) is 5.56 Å². The highest BCUT2D eigenvalue weighted by molar-refractivity contribution is 6.03. The first-order valence-corrected chi connectivity index (χ1v) is 5.36. The average molecular weight is 244 g/mol. The molecule has 0 aliphatic carbocycles. The number of aromatic hydroxyl groups is 1. The van der Waals surface area contributed by atoms with Crippen molar-refractivity contribution in [2.75, 3.05) is 0 Å². The van der Waals surface area contributed by atoms with Gasteiger partial charge in [0.15, 0.2) is 0 Å². The van der Waals surface area contributed by atoms with Crippen LogP contribution in [0.25, 0.3) is 0 Å². The van der Waals surface area contributed by atoms with E-state index in [2.05, 4.69) is 0 Å². The van der Waals surface area contributed by atoms with Crippen LogP contribution in [-0.4, -0.2) is 21.1 Å². The second kappa shape index (κ2) is 4.60. The molecule has 0 aromatic heterocycles. The number of phenolic OH excluding ortho intramolecular Hbond substituents is 1. The fraction of sp³-hybridized carbons (Fsp3) is 0.0714. The molecule has 0 fully saturated rings. The summed E-state index contributed by atoms with van der Waals surface area (Å²) in [6.45, 7) is 0. The summed E-state index contributed by atoms with van der Waals surface area (Å²) >= 11 is 0. The van der Waals surface area contributed by atoms with Crippen molar-refractivity contribution in [3.8, 4) is 5.75 Å². The Bertz CT molecular complexity index is 561. The van der Waals surface area contributed by atoms with Crippen LogP contribution in [0.1, 0.15) is 15.9 Å². The van der Waals surface area contributed by atoms with Gasteiger partial charge in [-0.2, -0.15) is 0 Å². The van der Waals surface area contributed by atoms with Crippen LogP contribution >= 0.6 is 0 Å². The van der Waals surface area contributed by atoms with E-state index in [0.29, 0.717) is 0 Å². The number of hydrogen-bond donors (Lipinski definition) is 3. The van der Waals surface area contributed by atoms with Crippen LogP contribution in [0.15, 0.2) is 54.6 Å². The molecule has 2 rings (SSSR count). The van der Waals surface area contributed by atoms with E-state index in [4.69, 9.17) is 0 Å². The molecule has 4 nitrogen and oxygen atoms in total. The van der Waals surface area contributed by atoms with Crippen molar-refractivity contribution in [1.82, 2.24) is 0 Å². The molecular formula is C14H12O4. The van der Waals surface area contributed by atoms with Gasteiger partial charge in [-0.25, -0.2) is 0 Å². The molecule has 0 heterocycles. The van der Waals surface area contributed by atoms with Crippen LogP contribution in [-0.2, 0) is 5.79 Å². The number of para-hydroxylation sites is 1. The van der Waals surface area contributed by atoms with Crippen molar-refractivity contribution in [3.05, 3.63) is 65.7 Å². The van der Waals surface area contributed by atoms with Crippen LogP contribution < -0.4 is 0 Å². The summed E-state index contributed by atoms with van der Waals surface area (Å²) in [6.07, 6.45) is 0. The lowest BCUT2D eigenvalue weighted by Crippen LogP contribution is -2.35. The molecule has 3 N–H and O–H groups in total. The fourth-order valence-electron chi connectivity index (χ4n) is 1.66. The molecule has 0 atom stereocenters. The minimum atomic E-state index is -2.65. The normalized spacial score (nSPS) is 11.2. The summed E-state index contributed by atoms with van der Waals surface area (Å²) in [4.78, 5) is 12.0. The molecule has 0 amide bonds. The zero-order valence-electron chi connectivity index (χ0n) is 9.45. The van der Waals surface area contributed by atoms with Crippen molar-refractivity contribution < 1.29 is 20.1 Å². The van der Waals surface area contributed by atoms with Crippen molar-refractivity contribution in [1.29, 1.82) is 0 Å². The van der Waals surface area contributed by atoms with E-state index < -0.39 is 11.6 Å². The Kier molecular flexibility index (Phi) is 3.14. The number of phenols is 1. The number of ketones is 1. The molecule has 0 aliphatic heterocycles. The van der Waals surface area contributed by atoms with Gasteiger partial charge in [-0.1, -0.05) is 42.5 Å². The van der Waals surface area contributed by atoms with Gasteiger partial charge in [0.05, 0.1) is 5.56 Å². The number of Topliss-reactive ketones (excluding diaryl/α,β-unsaturated/α-hetero) is 1. The largest absolute Gasteiger partial charge is 0.507 e. The Labute approximate surface area is 104 Å². The molecule has 0 bridgehead atoms. The lowest BCUT2D eigenvalue weighted by atomic mass is 9.96. The lowest BCUT2D eigenvalue weighted by Gasteiger charge is -2.20. The van der Waals surface area contributed by atoms with Gasteiger partial charge < -0.3 is 15.3 Å². The number of carbonyl (C=O) groups is 1. The molecule has 0 saturated carbocycles. The van der Waals surface area contributed by atoms with E-state index in [1.54, 1.807) is 24.3 Å². The Morgan fingerprint density at radius 1 is 0.889 bits per heavy atom. The van der Waals surface area contributed by atoms with E-state index in [0.717, 1.165) is 0 Å². The third-order valence-electron chi connectivity index (χ3n) is 2.64. The first-order chi connectivity index (χ1) is 8.53. The van der Waals surface area contributed by atoms with Gasteiger partial charge >= 0.3 is 0 Å². The number of aliphatic hydroxyl groups is 2. The lowest BCUT2D eigenvalue weighted by molar-refractivity contribution is -0.128. The summed E-state index contributed by atoms with van der Waals surface area (Å²) in [6, 6.07) is 13.5. The van der Waals surface area contributed by atoms with Crippen molar-refractivity contribution in [2.24, 2.45) is 0 Å². The van der Waals surface area contributed by atoms with Gasteiger partial charge in [-0.3, -0.25) is 4.79 Å². The van der Waals surface area contributed by atoms with E-state index in [-0.39, 0.29) is 16.9 Å². The second-order valence-electron chi connectivity index (χ2n) is 3.88. The maximum absolute atomic E-state index is 12.0. The molecule has 0 spiro atoms. The van der Waals surface area contributed by atoms with Gasteiger partial charge in [0.25, 0.3) is 5.79 Å². The molecule has 2 aromatic rings. The van der Waals surface area contributed by atoms with Gasteiger partial charge in [0.2, 0.25) is 5.78 Å². The molecular weight excluding hydrogens is 232 g/mol. The van der Waals surface area contributed by atoms with Gasteiger partial charge in [-0.15, -0.1) is 0 Å². The summed E-state index contributed by atoms with van der Waals surface area (Å²) in [5, 5.41) is 29.4. The molecule has 2 aromatic carbocycles. The van der Waals surface area contributed by atoms with Crippen LogP contribution in [0.5, 0.6) is 5.75 Å². The SMILES string of the molecule is O=C(c1ccccc1O)C(O)(O)c1ccccc1. The van der Waals surface area contributed by atoms with Crippen LogP contribution in [0.2, 0.25) is 0 Å². The molecule has 0 aliphatic rings. The first-order valence-electron chi connectivity index (χ1n) is 5.36. The van der Waals surface area contributed by atoms with Crippen molar-refractivity contribution >= 4 is 5.78 Å². The van der Waals surface area contributed by atoms with Crippen molar-refractivity contribution in [2.45, 2.75) is 5.79 Å². The molecule has 4 heteroatoms. The zero-order chi connectivity index (χ0) is 13.2. The third kappa shape index (κ3) is 2.11. The highest BCUT2D eigenvalue weighted by Crippen LogP contribution is 2.27. The predicted molar refractivity (Wildman–Crippen MR) is 65.0 cm³/mol. The summed E-state index contributed by atoms with van der Waals surface area (Å²) < 4.78 is 0. The summed E-state index contributed by atoms with van der Waals surface area (Å²) in [7, 11) is 0. The number of hydrogen-bond acceptors (Lipinski definition) is 4. The minimum absolute atomic E-state index is 0.0539. The zero-order valence-corrected chi connectivity index (χ0v) is 9.45. The molecule has 18 heavy (non-hydrogen) atoms. The highest BCUT2D eigenvalue weighted by atomic mass is 16.5. The standard InChI is InChI=1S/C14H12O4/c15-12-9-5-4-8-11(12)13(16)14(17,18)10-6-2-1-3-7-10/h1-9,15,17-18H. The average Bonchev–Trinajstić information content (AvgIpc) is 2.39. The monoisotopic (exact) mass is 244 g/mol. The molecule has 92 valence electrons. The van der Waals surface area contributed by atoms with Crippen LogP contribution in [0.4, 0.5) is 0 Å². The quantitative estimate of drug-likeness (QED) is 0.563. The molecule has 0 unspecified atom stereocenters. The maximum atomic E-state index is 12.0. The van der Waals surface area contributed by atoms with E-state index in [9.17, 15) is 20.1 Å². The molecule has 0 saturated heterocycles. The maximum Gasteiger partial charge on any atom is 0.256 e. The van der Waals surface area contributed by atoms with Gasteiger partial charge in [-0.05, 0) is 12.1 Å². The van der Waals surface area contributed by atoms with E-state index in [1.165, 1.54) is 30.3 Å². The molecule has 0 radical (unpaired) electrons. The predicted octanol–water partition coefficient (Wildman–Crippen LogP) is 1.41.